The summed E-state index contributed by atoms with van der Waals surface area (Å²) in [4.78, 5) is 4.23. The van der Waals surface area contributed by atoms with Gasteiger partial charge >= 0.3 is 0 Å². The summed E-state index contributed by atoms with van der Waals surface area (Å²) in [6.45, 7) is 0.713. The lowest BCUT2D eigenvalue weighted by Gasteiger charge is -2.03. The first-order valence-corrected chi connectivity index (χ1v) is 7.47. The van der Waals surface area contributed by atoms with Gasteiger partial charge in [0.2, 0.25) is 0 Å². The largest absolute Gasteiger partial charge is 0.377 e. The molecule has 0 amide bonds. The molecule has 0 bridgehead atoms. The molecule has 0 atom stereocenters. The minimum absolute atomic E-state index is 0.713. The molecule has 0 spiro atoms. The predicted octanol–water partition coefficient (Wildman–Crippen LogP) is 3.70. The van der Waals surface area contributed by atoms with Crippen LogP contribution in [0.2, 0.25) is 0 Å². The molecule has 3 rings (SSSR count). The number of nitrogens with zero attached hydrogens (tertiary/aromatic N) is 3. The first-order valence-electron chi connectivity index (χ1n) is 5.73. The Kier molecular flexibility index (Phi) is 3.61. The van der Waals surface area contributed by atoms with Gasteiger partial charge in [-0.1, -0.05) is 12.1 Å². The molecule has 0 aliphatic heterocycles. The molecule has 3 aromatic rings. The van der Waals surface area contributed by atoms with Gasteiger partial charge in [-0.05, 0) is 28.1 Å². The zero-order chi connectivity index (χ0) is 13.1. The fourth-order valence-corrected chi connectivity index (χ4v) is 2.73. The van der Waals surface area contributed by atoms with Crippen molar-refractivity contribution >= 4 is 33.0 Å². The van der Waals surface area contributed by atoms with Crippen LogP contribution in [-0.4, -0.2) is 14.8 Å². The van der Waals surface area contributed by atoms with E-state index >= 15 is 0 Å². The summed E-state index contributed by atoms with van der Waals surface area (Å²) in [7, 11) is 0. The van der Waals surface area contributed by atoms with Crippen molar-refractivity contribution in [3.8, 4) is 5.69 Å². The van der Waals surface area contributed by atoms with E-state index in [0.717, 1.165) is 21.5 Å². The van der Waals surface area contributed by atoms with E-state index in [2.05, 4.69) is 31.3 Å². The maximum Gasteiger partial charge on any atom is 0.0795 e. The summed E-state index contributed by atoms with van der Waals surface area (Å²) < 4.78 is 2.86. The van der Waals surface area contributed by atoms with Gasteiger partial charge in [0.25, 0.3) is 0 Å². The van der Waals surface area contributed by atoms with E-state index in [4.69, 9.17) is 0 Å². The number of aromatic nitrogens is 3. The Labute approximate surface area is 123 Å². The Morgan fingerprint density at radius 2 is 2.21 bits per heavy atom. The van der Waals surface area contributed by atoms with Gasteiger partial charge in [-0.2, -0.15) is 5.10 Å². The monoisotopic (exact) mass is 334 g/mol. The quantitative estimate of drug-likeness (QED) is 0.790. The summed E-state index contributed by atoms with van der Waals surface area (Å²) in [6.07, 6.45) is 3.78. The van der Waals surface area contributed by atoms with Gasteiger partial charge in [-0.3, -0.25) is 0 Å². The highest BCUT2D eigenvalue weighted by Crippen LogP contribution is 2.21. The number of halogens is 1. The Morgan fingerprint density at radius 1 is 1.32 bits per heavy atom. The molecular formula is C13H11BrN4S. The molecular weight excluding hydrogens is 324 g/mol. The second-order valence-electron chi connectivity index (χ2n) is 3.96. The number of nitrogens with one attached hydrogen (secondary N) is 1. The lowest BCUT2D eigenvalue weighted by atomic mass is 10.3. The Hall–Kier alpha value is -1.66. The van der Waals surface area contributed by atoms with Crippen molar-refractivity contribution in [3.05, 3.63) is 57.7 Å². The lowest BCUT2D eigenvalue weighted by molar-refractivity contribution is 0.876. The van der Waals surface area contributed by atoms with Crippen LogP contribution in [0.15, 0.2) is 52.0 Å². The SMILES string of the molecule is Brc1ccccc1-n1cc(NCc2cscn2)cn1. The smallest absolute Gasteiger partial charge is 0.0795 e. The molecule has 0 saturated carbocycles. The summed E-state index contributed by atoms with van der Waals surface area (Å²) >= 11 is 5.12. The first kappa shape index (κ1) is 12.4. The lowest BCUT2D eigenvalue weighted by Crippen LogP contribution is -1.98. The highest BCUT2D eigenvalue weighted by atomic mass is 79.9. The third-order valence-electron chi connectivity index (χ3n) is 2.64. The second kappa shape index (κ2) is 5.54. The Balaban J connectivity index is 1.75. The number of hydrogen-bond acceptors (Lipinski definition) is 4. The molecule has 0 radical (unpaired) electrons. The van der Waals surface area contributed by atoms with E-state index in [-0.39, 0.29) is 0 Å². The number of anilines is 1. The van der Waals surface area contributed by atoms with Crippen LogP contribution in [0.5, 0.6) is 0 Å². The van der Waals surface area contributed by atoms with Crippen LogP contribution in [0.3, 0.4) is 0 Å². The van der Waals surface area contributed by atoms with Crippen molar-refractivity contribution in [2.24, 2.45) is 0 Å². The van der Waals surface area contributed by atoms with Crippen LogP contribution in [0.1, 0.15) is 5.69 Å². The van der Waals surface area contributed by atoms with E-state index in [1.54, 1.807) is 11.3 Å². The van der Waals surface area contributed by atoms with Crippen LogP contribution in [0.4, 0.5) is 5.69 Å². The standard InChI is InChI=1S/C13H11BrN4S/c14-12-3-1-2-4-13(12)18-7-10(6-17-18)15-5-11-8-19-9-16-11/h1-4,6-9,15H,5H2. The maximum atomic E-state index is 4.35. The van der Waals surface area contributed by atoms with Gasteiger partial charge < -0.3 is 5.32 Å². The van der Waals surface area contributed by atoms with Crippen LogP contribution in [-0.2, 0) is 6.54 Å². The number of rotatable bonds is 4. The maximum absolute atomic E-state index is 4.35. The topological polar surface area (TPSA) is 42.7 Å². The predicted molar refractivity (Wildman–Crippen MR) is 80.7 cm³/mol. The molecule has 0 saturated heterocycles. The summed E-state index contributed by atoms with van der Waals surface area (Å²) in [6, 6.07) is 7.99. The van der Waals surface area contributed by atoms with Crippen molar-refractivity contribution in [3.63, 3.8) is 0 Å². The third-order valence-corrected chi connectivity index (χ3v) is 3.94. The van der Waals surface area contributed by atoms with Crippen molar-refractivity contribution < 1.29 is 0 Å². The third kappa shape index (κ3) is 2.85. The molecule has 0 aliphatic rings. The number of thiazole rings is 1. The molecule has 1 N–H and O–H groups in total. The van der Waals surface area contributed by atoms with Crippen LogP contribution in [0.25, 0.3) is 5.69 Å². The Morgan fingerprint density at radius 3 is 3.00 bits per heavy atom. The summed E-state index contributed by atoms with van der Waals surface area (Å²) in [5.74, 6) is 0. The molecule has 6 heteroatoms. The molecule has 96 valence electrons. The molecule has 0 fully saturated rings. The van der Waals surface area contributed by atoms with Crippen LogP contribution < -0.4 is 5.32 Å². The van der Waals surface area contributed by atoms with Gasteiger partial charge in [0.15, 0.2) is 0 Å². The van der Waals surface area contributed by atoms with E-state index in [9.17, 15) is 0 Å². The number of para-hydroxylation sites is 1. The van der Waals surface area contributed by atoms with Crippen molar-refractivity contribution in [2.45, 2.75) is 6.54 Å². The van der Waals surface area contributed by atoms with Crippen molar-refractivity contribution in [1.82, 2.24) is 14.8 Å². The van der Waals surface area contributed by atoms with Gasteiger partial charge in [-0.25, -0.2) is 9.67 Å². The molecule has 2 heterocycles. The average molecular weight is 335 g/mol. The van der Waals surface area contributed by atoms with Crippen molar-refractivity contribution in [2.75, 3.05) is 5.32 Å². The molecule has 2 aromatic heterocycles. The van der Waals surface area contributed by atoms with Gasteiger partial charge in [0.05, 0.1) is 41.5 Å². The fraction of sp³-hybridized carbons (Fsp3) is 0.0769. The highest BCUT2D eigenvalue weighted by Gasteiger charge is 2.04. The zero-order valence-electron chi connectivity index (χ0n) is 9.95. The highest BCUT2D eigenvalue weighted by molar-refractivity contribution is 9.10. The molecule has 0 unspecified atom stereocenters. The first-order chi connectivity index (χ1) is 9.33. The molecule has 19 heavy (non-hydrogen) atoms. The minimum atomic E-state index is 0.713. The number of hydrogen-bond donors (Lipinski definition) is 1. The zero-order valence-corrected chi connectivity index (χ0v) is 12.4. The summed E-state index contributed by atoms with van der Waals surface area (Å²) in [5, 5.41) is 9.69. The van der Waals surface area contributed by atoms with E-state index in [0.29, 0.717) is 6.54 Å². The second-order valence-corrected chi connectivity index (χ2v) is 5.53. The van der Waals surface area contributed by atoms with E-state index in [1.165, 1.54) is 0 Å². The minimum Gasteiger partial charge on any atom is -0.377 e. The van der Waals surface area contributed by atoms with Gasteiger partial charge in [-0.15, -0.1) is 11.3 Å². The Bertz CT molecular complexity index is 663. The molecule has 4 nitrogen and oxygen atoms in total. The van der Waals surface area contributed by atoms with E-state index in [1.807, 2.05) is 52.2 Å². The van der Waals surface area contributed by atoms with Gasteiger partial charge in [0, 0.05) is 9.85 Å². The van der Waals surface area contributed by atoms with Crippen LogP contribution >= 0.6 is 27.3 Å². The normalized spacial score (nSPS) is 10.6. The fourth-order valence-electron chi connectivity index (χ4n) is 1.70. The van der Waals surface area contributed by atoms with Crippen LogP contribution in [0, 0.1) is 0 Å². The molecule has 1 aromatic carbocycles. The average Bonchev–Trinajstić information content (AvgIpc) is 3.08. The summed E-state index contributed by atoms with van der Waals surface area (Å²) in [5.41, 5.74) is 4.87. The van der Waals surface area contributed by atoms with Crippen molar-refractivity contribution in [1.29, 1.82) is 0 Å². The van der Waals surface area contributed by atoms with E-state index < -0.39 is 0 Å². The number of benzene rings is 1. The van der Waals surface area contributed by atoms with Gasteiger partial charge in [0.1, 0.15) is 0 Å². The molecule has 0 aliphatic carbocycles.